The molecule has 2 fully saturated rings. The third-order valence-electron chi connectivity index (χ3n) is 4.79. The molecule has 1 saturated carbocycles. The molecule has 0 spiro atoms. The number of nitrogens with zero attached hydrogens (tertiary/aromatic N) is 1. The van der Waals surface area contributed by atoms with Crippen molar-refractivity contribution in [2.24, 2.45) is 10.8 Å². The van der Waals surface area contributed by atoms with E-state index < -0.39 is 0 Å². The van der Waals surface area contributed by atoms with Crippen molar-refractivity contribution in [2.75, 3.05) is 11.9 Å². The number of nitrogens with one attached hydrogen (secondary N) is 1. The van der Waals surface area contributed by atoms with Gasteiger partial charge in [0.1, 0.15) is 0 Å². The van der Waals surface area contributed by atoms with Crippen LogP contribution in [0.3, 0.4) is 0 Å². The molecule has 1 aromatic carbocycles. The van der Waals surface area contributed by atoms with Crippen molar-refractivity contribution in [3.8, 4) is 0 Å². The number of thiocarbonyl (C=S) groups is 1. The van der Waals surface area contributed by atoms with Gasteiger partial charge in [-0.05, 0) is 54.4 Å². The van der Waals surface area contributed by atoms with Crippen LogP contribution in [-0.2, 0) is 0 Å². The predicted octanol–water partition coefficient (Wildman–Crippen LogP) is 4.94. The first-order chi connectivity index (χ1) is 9.78. The van der Waals surface area contributed by atoms with E-state index in [1.165, 1.54) is 19.3 Å². The Morgan fingerprint density at radius 1 is 1.29 bits per heavy atom. The lowest BCUT2D eigenvalue weighted by Crippen LogP contribution is -2.40. The van der Waals surface area contributed by atoms with Crippen LogP contribution in [0.1, 0.15) is 40.0 Å². The van der Waals surface area contributed by atoms with Gasteiger partial charge in [0.2, 0.25) is 0 Å². The molecule has 21 heavy (non-hydrogen) atoms. The molecule has 114 valence electrons. The number of anilines is 1. The number of hydrogen-bond acceptors (Lipinski definition) is 1. The lowest BCUT2D eigenvalue weighted by atomic mass is 9.65. The summed E-state index contributed by atoms with van der Waals surface area (Å²) < 4.78 is 0. The van der Waals surface area contributed by atoms with Gasteiger partial charge in [0.15, 0.2) is 5.11 Å². The average molecular weight is 323 g/mol. The van der Waals surface area contributed by atoms with E-state index in [1.807, 2.05) is 24.3 Å². The van der Waals surface area contributed by atoms with E-state index in [1.54, 1.807) is 0 Å². The van der Waals surface area contributed by atoms with Crippen LogP contribution in [0.15, 0.2) is 24.3 Å². The number of para-hydroxylation sites is 1. The van der Waals surface area contributed by atoms with Gasteiger partial charge in [0, 0.05) is 12.6 Å². The Hall–Kier alpha value is -0.800. The van der Waals surface area contributed by atoms with Crippen molar-refractivity contribution >= 4 is 34.6 Å². The zero-order valence-corrected chi connectivity index (χ0v) is 14.5. The zero-order valence-electron chi connectivity index (χ0n) is 12.9. The Morgan fingerprint density at radius 2 is 2.00 bits per heavy atom. The van der Waals surface area contributed by atoms with Crippen LogP contribution in [-0.4, -0.2) is 22.6 Å². The molecule has 3 rings (SSSR count). The highest BCUT2D eigenvalue weighted by Crippen LogP contribution is 2.52. The normalized spacial score (nSPS) is 30.3. The topological polar surface area (TPSA) is 15.3 Å². The molecule has 0 aromatic heterocycles. The molecule has 2 atom stereocenters. The number of likely N-dealkylation sites (tertiary alicyclic amines) is 1. The van der Waals surface area contributed by atoms with E-state index in [9.17, 15) is 0 Å². The largest absolute Gasteiger partial charge is 0.345 e. The summed E-state index contributed by atoms with van der Waals surface area (Å²) in [4.78, 5) is 2.38. The molecule has 1 aliphatic heterocycles. The number of benzene rings is 1. The molecule has 2 nitrogen and oxygen atoms in total. The highest BCUT2D eigenvalue weighted by Gasteiger charge is 2.50. The van der Waals surface area contributed by atoms with E-state index in [0.29, 0.717) is 21.9 Å². The summed E-state index contributed by atoms with van der Waals surface area (Å²) in [5, 5.41) is 4.87. The van der Waals surface area contributed by atoms with Crippen LogP contribution in [0.5, 0.6) is 0 Å². The first-order valence-electron chi connectivity index (χ1n) is 7.60. The van der Waals surface area contributed by atoms with Gasteiger partial charge in [-0.3, -0.25) is 0 Å². The maximum Gasteiger partial charge on any atom is 0.173 e. The first-order valence-corrected chi connectivity index (χ1v) is 8.39. The van der Waals surface area contributed by atoms with Gasteiger partial charge in [-0.15, -0.1) is 0 Å². The summed E-state index contributed by atoms with van der Waals surface area (Å²) in [5.41, 5.74) is 1.69. The number of fused-ring (bicyclic) bond motifs is 2. The lowest BCUT2D eigenvalue weighted by Gasteiger charge is -2.39. The molecule has 2 aliphatic rings. The molecular formula is C17H23ClN2S. The fourth-order valence-electron chi connectivity index (χ4n) is 4.45. The van der Waals surface area contributed by atoms with Crippen molar-refractivity contribution in [3.63, 3.8) is 0 Å². The number of halogens is 1. The van der Waals surface area contributed by atoms with Crippen molar-refractivity contribution in [3.05, 3.63) is 29.3 Å². The second kappa shape index (κ2) is 5.13. The molecule has 0 unspecified atom stereocenters. The monoisotopic (exact) mass is 322 g/mol. The van der Waals surface area contributed by atoms with Crippen molar-refractivity contribution in [1.29, 1.82) is 0 Å². The minimum Gasteiger partial charge on any atom is -0.345 e. The molecule has 1 saturated heterocycles. The highest BCUT2D eigenvalue weighted by atomic mass is 35.5. The first kappa shape index (κ1) is 15.1. The van der Waals surface area contributed by atoms with E-state index in [4.69, 9.17) is 23.8 Å². The Bertz CT molecular complexity index is 572. The summed E-state index contributed by atoms with van der Waals surface area (Å²) in [6, 6.07) is 8.33. The van der Waals surface area contributed by atoms with E-state index in [2.05, 4.69) is 31.0 Å². The van der Waals surface area contributed by atoms with Gasteiger partial charge in [-0.2, -0.15) is 0 Å². The standard InChI is InChI=1S/C17H23ClN2S/c1-16(2)8-12-9-17(3,10-16)11-20(12)15(21)19-14-7-5-4-6-13(14)18/h4-7,12H,8-11H2,1-3H3,(H,19,21)/t12-,17-/m1/s1. The molecule has 4 heteroatoms. The zero-order chi connectivity index (χ0) is 15.3. The van der Waals surface area contributed by atoms with Crippen LogP contribution in [0, 0.1) is 10.8 Å². The Kier molecular flexibility index (Phi) is 3.69. The Balaban J connectivity index is 1.76. The van der Waals surface area contributed by atoms with E-state index >= 15 is 0 Å². The van der Waals surface area contributed by atoms with Crippen LogP contribution in [0.4, 0.5) is 5.69 Å². The molecular weight excluding hydrogens is 300 g/mol. The predicted molar refractivity (Wildman–Crippen MR) is 93.9 cm³/mol. The molecule has 1 aliphatic carbocycles. The van der Waals surface area contributed by atoms with Gasteiger partial charge in [-0.1, -0.05) is 44.5 Å². The molecule has 2 bridgehead atoms. The Labute approximate surface area is 137 Å². The molecule has 0 radical (unpaired) electrons. The molecule has 0 amide bonds. The van der Waals surface area contributed by atoms with E-state index in [-0.39, 0.29) is 0 Å². The molecule has 1 heterocycles. The van der Waals surface area contributed by atoms with Crippen molar-refractivity contribution in [1.82, 2.24) is 4.90 Å². The summed E-state index contributed by atoms with van der Waals surface area (Å²) in [5.74, 6) is 0. The van der Waals surface area contributed by atoms with Gasteiger partial charge in [0.05, 0.1) is 10.7 Å². The summed E-state index contributed by atoms with van der Waals surface area (Å²) in [7, 11) is 0. The second-order valence-electron chi connectivity index (χ2n) is 7.75. The van der Waals surface area contributed by atoms with Gasteiger partial charge >= 0.3 is 0 Å². The van der Waals surface area contributed by atoms with Crippen molar-refractivity contribution < 1.29 is 0 Å². The summed E-state index contributed by atoms with van der Waals surface area (Å²) in [6.45, 7) is 8.22. The number of rotatable bonds is 1. The summed E-state index contributed by atoms with van der Waals surface area (Å²) in [6.07, 6.45) is 3.75. The lowest BCUT2D eigenvalue weighted by molar-refractivity contribution is 0.132. The van der Waals surface area contributed by atoms with Crippen LogP contribution >= 0.6 is 23.8 Å². The second-order valence-corrected chi connectivity index (χ2v) is 8.55. The fraction of sp³-hybridized carbons (Fsp3) is 0.588. The Morgan fingerprint density at radius 3 is 2.71 bits per heavy atom. The molecule has 1 N–H and O–H groups in total. The van der Waals surface area contributed by atoms with Gasteiger partial charge in [-0.25, -0.2) is 0 Å². The van der Waals surface area contributed by atoms with Crippen LogP contribution in [0.2, 0.25) is 5.02 Å². The van der Waals surface area contributed by atoms with Crippen LogP contribution < -0.4 is 5.32 Å². The van der Waals surface area contributed by atoms with Crippen LogP contribution in [0.25, 0.3) is 0 Å². The minimum absolute atomic E-state index is 0.388. The molecule has 1 aromatic rings. The van der Waals surface area contributed by atoms with Crippen molar-refractivity contribution in [2.45, 2.75) is 46.1 Å². The fourth-order valence-corrected chi connectivity index (χ4v) is 4.95. The quantitative estimate of drug-likeness (QED) is 0.737. The van der Waals surface area contributed by atoms with E-state index in [0.717, 1.165) is 17.3 Å². The highest BCUT2D eigenvalue weighted by molar-refractivity contribution is 7.80. The van der Waals surface area contributed by atoms with Gasteiger partial charge < -0.3 is 10.2 Å². The smallest absolute Gasteiger partial charge is 0.173 e. The summed E-state index contributed by atoms with van der Waals surface area (Å²) >= 11 is 11.9. The number of hydrogen-bond donors (Lipinski definition) is 1. The maximum atomic E-state index is 6.22. The van der Waals surface area contributed by atoms with Gasteiger partial charge in [0.25, 0.3) is 0 Å². The minimum atomic E-state index is 0.388. The third-order valence-corrected chi connectivity index (χ3v) is 5.46. The third kappa shape index (κ3) is 3.04. The maximum absolute atomic E-state index is 6.22. The average Bonchev–Trinajstić information content (AvgIpc) is 2.61. The SMILES string of the molecule is CC1(C)C[C@@H]2C[C@@](C)(CN2C(=S)Nc2ccccc2Cl)C1.